The molecule has 0 fully saturated rings. The summed E-state index contributed by atoms with van der Waals surface area (Å²) in [6, 6.07) is 18.5. The van der Waals surface area contributed by atoms with E-state index < -0.39 is 0 Å². The highest BCUT2D eigenvalue weighted by molar-refractivity contribution is 6.01. The number of unbranched alkanes of at least 4 members (excludes halogenated alkanes) is 1. The summed E-state index contributed by atoms with van der Waals surface area (Å²) >= 11 is 0. The highest BCUT2D eigenvalue weighted by Gasteiger charge is 2.18. The summed E-state index contributed by atoms with van der Waals surface area (Å²) in [6.45, 7) is 10.2. The highest BCUT2D eigenvalue weighted by Crippen LogP contribution is 2.35. The minimum Gasteiger partial charge on any atom is -0.339 e. The molecule has 5 nitrogen and oxygen atoms in total. The Kier molecular flexibility index (Phi) is 9.21. The van der Waals surface area contributed by atoms with Crippen LogP contribution in [-0.4, -0.2) is 22.1 Å². The van der Waals surface area contributed by atoms with Gasteiger partial charge in [-0.2, -0.15) is 0 Å². The van der Waals surface area contributed by atoms with Crippen LogP contribution in [0.25, 0.3) is 27.9 Å². The number of fused-ring (bicyclic) bond motifs is 1. The van der Waals surface area contributed by atoms with Crippen molar-refractivity contribution in [2.75, 3.05) is 5.32 Å². The molecule has 200 valence electrons. The molecule has 2 N–H and O–H groups in total. The van der Waals surface area contributed by atoms with Crippen LogP contribution in [0.3, 0.4) is 0 Å². The van der Waals surface area contributed by atoms with Gasteiger partial charge < -0.3 is 10.3 Å². The summed E-state index contributed by atoms with van der Waals surface area (Å²) in [5.74, 6) is -0.157. The van der Waals surface area contributed by atoms with E-state index in [1.807, 2.05) is 26.0 Å². The number of anilines is 1. The third-order valence-electron chi connectivity index (χ3n) is 6.71. The van der Waals surface area contributed by atoms with Crippen LogP contribution in [-0.2, 0) is 17.6 Å². The van der Waals surface area contributed by atoms with E-state index in [0.29, 0.717) is 17.9 Å². The SMILES string of the molecule is C=C(/C=C\N=CC)c1c(-c2ccc(F)cc2)[nH]c2nc(NC(=O)C(C)Cc3ccc(CCCC)cc3)ccc12. The number of halogens is 1. The zero-order chi connectivity index (χ0) is 27.8. The fraction of sp³-hybridized carbons (Fsp3) is 0.242. The topological polar surface area (TPSA) is 70.1 Å². The van der Waals surface area contributed by atoms with Crippen LogP contribution in [0.15, 0.2) is 84.5 Å². The molecular formula is C33H35FN4O. The fourth-order valence-electron chi connectivity index (χ4n) is 4.53. The standard InChI is InChI=1S/C33H35FN4O/c1-5-7-8-24-9-11-25(12-10-24)21-23(4)33(39)37-29-18-17-28-30(22(3)19-20-35-6-2)31(38-32(28)36-29)26-13-15-27(34)16-14-26/h6,9-20,23H,3,5,7-8,21H2,1-2,4H3,(H2,36,37,38,39)/b20-19-,35-6?. The van der Waals surface area contributed by atoms with Crippen LogP contribution in [0.5, 0.6) is 0 Å². The molecule has 2 heterocycles. The number of carbonyl (C=O) groups is 1. The zero-order valence-electron chi connectivity index (χ0n) is 22.8. The van der Waals surface area contributed by atoms with Crippen LogP contribution in [0.1, 0.15) is 50.3 Å². The number of aryl methyl sites for hydroxylation is 1. The number of pyridine rings is 1. The number of aliphatic imine (C=N–C) groups is 1. The molecule has 1 unspecified atom stereocenters. The van der Waals surface area contributed by atoms with E-state index in [1.165, 1.54) is 30.5 Å². The Labute approximate surface area is 229 Å². The Morgan fingerprint density at radius 1 is 1.10 bits per heavy atom. The molecule has 2 aromatic carbocycles. The molecule has 6 heteroatoms. The number of carbonyl (C=O) groups excluding carboxylic acids is 1. The Morgan fingerprint density at radius 2 is 1.82 bits per heavy atom. The van der Waals surface area contributed by atoms with Crippen LogP contribution in [0, 0.1) is 11.7 Å². The van der Waals surface area contributed by atoms with Gasteiger partial charge in [-0.05, 0) is 90.9 Å². The van der Waals surface area contributed by atoms with E-state index in [4.69, 9.17) is 4.98 Å². The lowest BCUT2D eigenvalue weighted by atomic mass is 9.98. The number of rotatable bonds is 11. The lowest BCUT2D eigenvalue weighted by molar-refractivity contribution is -0.119. The maximum Gasteiger partial charge on any atom is 0.228 e. The first-order chi connectivity index (χ1) is 18.9. The molecule has 0 aliphatic carbocycles. The molecular weight excluding hydrogens is 487 g/mol. The molecule has 0 aliphatic heterocycles. The van der Waals surface area contributed by atoms with Crippen LogP contribution in [0.4, 0.5) is 10.2 Å². The average molecular weight is 523 g/mol. The Morgan fingerprint density at radius 3 is 2.51 bits per heavy atom. The zero-order valence-corrected chi connectivity index (χ0v) is 22.8. The summed E-state index contributed by atoms with van der Waals surface area (Å²) in [4.78, 5) is 25.2. The summed E-state index contributed by atoms with van der Waals surface area (Å²) in [5, 5.41) is 3.81. The van der Waals surface area contributed by atoms with Crippen molar-refractivity contribution in [2.24, 2.45) is 10.9 Å². The molecule has 0 radical (unpaired) electrons. The summed E-state index contributed by atoms with van der Waals surface area (Å²) in [7, 11) is 0. The van der Waals surface area contributed by atoms with E-state index in [9.17, 15) is 9.18 Å². The maximum absolute atomic E-state index is 13.6. The van der Waals surface area contributed by atoms with Gasteiger partial charge in [-0.3, -0.25) is 9.79 Å². The highest BCUT2D eigenvalue weighted by atomic mass is 19.1. The van der Waals surface area contributed by atoms with Gasteiger partial charge in [0.25, 0.3) is 0 Å². The Bertz CT molecular complexity index is 1500. The van der Waals surface area contributed by atoms with E-state index in [-0.39, 0.29) is 17.6 Å². The number of benzene rings is 2. The Balaban J connectivity index is 1.56. The number of aromatic nitrogens is 2. The van der Waals surface area contributed by atoms with Gasteiger partial charge in [0.05, 0.1) is 5.69 Å². The van der Waals surface area contributed by atoms with Gasteiger partial charge in [0.15, 0.2) is 0 Å². The van der Waals surface area contributed by atoms with Crippen molar-refractivity contribution in [3.63, 3.8) is 0 Å². The number of aromatic amines is 1. The normalized spacial score (nSPS) is 12.4. The largest absolute Gasteiger partial charge is 0.339 e. The lowest BCUT2D eigenvalue weighted by Gasteiger charge is -2.12. The maximum atomic E-state index is 13.6. The van der Waals surface area contributed by atoms with Gasteiger partial charge in [0.2, 0.25) is 5.91 Å². The monoisotopic (exact) mass is 522 g/mol. The molecule has 0 spiro atoms. The fourth-order valence-corrected chi connectivity index (χ4v) is 4.53. The molecule has 0 saturated carbocycles. The summed E-state index contributed by atoms with van der Waals surface area (Å²) in [6.07, 6.45) is 9.29. The van der Waals surface area contributed by atoms with Crippen molar-refractivity contribution < 1.29 is 9.18 Å². The van der Waals surface area contributed by atoms with Gasteiger partial charge in [-0.1, -0.05) is 51.1 Å². The summed E-state index contributed by atoms with van der Waals surface area (Å²) < 4.78 is 13.6. The van der Waals surface area contributed by atoms with Crippen LogP contribution >= 0.6 is 0 Å². The van der Waals surface area contributed by atoms with Gasteiger partial charge in [-0.15, -0.1) is 0 Å². The van der Waals surface area contributed by atoms with Crippen LogP contribution in [0.2, 0.25) is 0 Å². The van der Waals surface area contributed by atoms with Gasteiger partial charge >= 0.3 is 0 Å². The first-order valence-electron chi connectivity index (χ1n) is 13.4. The molecule has 39 heavy (non-hydrogen) atoms. The quantitative estimate of drug-likeness (QED) is 0.154. The third kappa shape index (κ3) is 6.96. The van der Waals surface area contributed by atoms with E-state index in [0.717, 1.165) is 39.8 Å². The van der Waals surface area contributed by atoms with E-state index in [1.54, 1.807) is 30.6 Å². The lowest BCUT2D eigenvalue weighted by Crippen LogP contribution is -2.22. The molecule has 1 atom stereocenters. The van der Waals surface area contributed by atoms with Gasteiger partial charge in [0.1, 0.15) is 17.3 Å². The third-order valence-corrected chi connectivity index (χ3v) is 6.71. The number of nitrogens with one attached hydrogen (secondary N) is 2. The number of nitrogens with zero attached hydrogens (tertiary/aromatic N) is 2. The molecule has 0 aliphatic rings. The molecule has 4 aromatic rings. The molecule has 2 aromatic heterocycles. The second kappa shape index (κ2) is 13.0. The number of H-pyrrole nitrogens is 1. The van der Waals surface area contributed by atoms with Gasteiger partial charge in [0, 0.05) is 29.3 Å². The number of hydrogen-bond acceptors (Lipinski definition) is 3. The minimum absolute atomic E-state index is 0.0905. The van der Waals surface area contributed by atoms with Crippen molar-refractivity contribution in [3.8, 4) is 11.3 Å². The van der Waals surface area contributed by atoms with Crippen molar-refractivity contribution in [3.05, 3.63) is 102 Å². The van der Waals surface area contributed by atoms with Crippen molar-refractivity contribution in [1.29, 1.82) is 0 Å². The van der Waals surface area contributed by atoms with Crippen LogP contribution < -0.4 is 5.32 Å². The first kappa shape index (κ1) is 27.7. The predicted octanol–water partition coefficient (Wildman–Crippen LogP) is 8.15. The second-order valence-corrected chi connectivity index (χ2v) is 9.74. The molecule has 0 saturated heterocycles. The molecule has 1 amide bonds. The minimum atomic E-state index is -0.308. The molecule has 0 bridgehead atoms. The first-order valence-corrected chi connectivity index (χ1v) is 13.4. The number of hydrogen-bond donors (Lipinski definition) is 2. The number of amides is 1. The average Bonchev–Trinajstić information content (AvgIpc) is 3.32. The number of allylic oxidation sites excluding steroid dienone is 2. The summed E-state index contributed by atoms with van der Waals surface area (Å²) in [5.41, 5.74) is 6.23. The van der Waals surface area contributed by atoms with Crippen molar-refractivity contribution >= 4 is 34.5 Å². The Hall–Kier alpha value is -4.32. The second-order valence-electron chi connectivity index (χ2n) is 9.74. The van der Waals surface area contributed by atoms with Crippen molar-refractivity contribution in [1.82, 2.24) is 9.97 Å². The van der Waals surface area contributed by atoms with Gasteiger partial charge in [-0.25, -0.2) is 9.37 Å². The molecule has 4 rings (SSSR count). The predicted molar refractivity (Wildman–Crippen MR) is 160 cm³/mol. The van der Waals surface area contributed by atoms with Crippen molar-refractivity contribution in [2.45, 2.75) is 46.5 Å². The van der Waals surface area contributed by atoms with E-state index in [2.05, 4.69) is 53.1 Å². The smallest absolute Gasteiger partial charge is 0.228 e. The van der Waals surface area contributed by atoms with E-state index >= 15 is 0 Å².